The van der Waals surface area contributed by atoms with Gasteiger partial charge in [-0.3, -0.25) is 0 Å². The van der Waals surface area contributed by atoms with Crippen LogP contribution in [0.5, 0.6) is 10.9 Å². The van der Waals surface area contributed by atoms with Gasteiger partial charge in [0.25, 0.3) is 5.19 Å². The Morgan fingerprint density at radius 3 is 3.00 bits per heavy atom. The third-order valence-electron chi connectivity index (χ3n) is 5.02. The van der Waals surface area contributed by atoms with Crippen LogP contribution < -0.4 is 10.1 Å². The number of benzene rings is 1. The Balaban J connectivity index is 1.37. The van der Waals surface area contributed by atoms with Gasteiger partial charge in [0.1, 0.15) is 11.9 Å². The second-order valence-electron chi connectivity index (χ2n) is 6.58. The van der Waals surface area contributed by atoms with Crippen molar-refractivity contribution in [2.24, 2.45) is 5.92 Å². The third-order valence-corrected chi connectivity index (χ3v) is 5.87. The van der Waals surface area contributed by atoms with Gasteiger partial charge in [0.15, 0.2) is 11.2 Å². The standard InChI is InChI=1S/C17H16FN5O2S/c18-14-12-5-9(7-20-12)15(14)25-17-22-21-16(26-17)11-2-1-10(6-13(11)24)23-4-3-19-8-23/h1-4,6,8-9,12,14-15,20,24H,5,7H2/t9?,12?,14-,15+/m0/s1. The van der Waals surface area contributed by atoms with Gasteiger partial charge < -0.3 is 19.7 Å². The first-order chi connectivity index (χ1) is 12.7. The largest absolute Gasteiger partial charge is 0.507 e. The van der Waals surface area contributed by atoms with Crippen molar-refractivity contribution in [3.8, 4) is 27.2 Å². The first-order valence-electron chi connectivity index (χ1n) is 8.38. The van der Waals surface area contributed by atoms with Gasteiger partial charge in [-0.1, -0.05) is 16.4 Å². The number of aromatic hydroxyl groups is 1. The number of halogens is 1. The minimum atomic E-state index is -1.02. The van der Waals surface area contributed by atoms with Gasteiger partial charge in [-0.25, -0.2) is 9.37 Å². The number of nitrogens with one attached hydrogen (secondary N) is 1. The summed E-state index contributed by atoms with van der Waals surface area (Å²) >= 11 is 1.21. The Morgan fingerprint density at radius 2 is 2.27 bits per heavy atom. The van der Waals surface area contributed by atoms with Crippen LogP contribution in [-0.4, -0.2) is 49.7 Å². The van der Waals surface area contributed by atoms with Gasteiger partial charge in [0.05, 0.1) is 17.6 Å². The highest BCUT2D eigenvalue weighted by Crippen LogP contribution is 2.39. The molecule has 2 N–H and O–H groups in total. The molecule has 1 aromatic carbocycles. The number of phenols is 1. The number of phenolic OH excluding ortho intramolecular Hbond substituents is 1. The average Bonchev–Trinajstić information content (AvgIpc) is 3.42. The fourth-order valence-corrected chi connectivity index (χ4v) is 4.47. The lowest BCUT2D eigenvalue weighted by atomic mass is 10.1. The van der Waals surface area contributed by atoms with Crippen LogP contribution in [0.3, 0.4) is 0 Å². The molecule has 3 aromatic rings. The average molecular weight is 373 g/mol. The molecule has 0 spiro atoms. The van der Waals surface area contributed by atoms with Gasteiger partial charge in [0, 0.05) is 37.0 Å². The summed E-state index contributed by atoms with van der Waals surface area (Å²) in [5.41, 5.74) is 1.35. The molecular weight excluding hydrogens is 357 g/mol. The van der Waals surface area contributed by atoms with E-state index in [1.165, 1.54) is 11.3 Å². The smallest absolute Gasteiger partial charge is 0.294 e. The number of nitrogens with zero attached hydrogens (tertiary/aromatic N) is 4. The summed E-state index contributed by atoms with van der Waals surface area (Å²) in [5.74, 6) is 0.261. The van der Waals surface area contributed by atoms with Crippen LogP contribution in [-0.2, 0) is 0 Å². The van der Waals surface area contributed by atoms with Crippen LogP contribution in [0, 0.1) is 5.92 Å². The fourth-order valence-electron chi connectivity index (χ4n) is 3.69. The lowest BCUT2D eigenvalue weighted by Crippen LogP contribution is -2.45. The molecule has 2 aromatic heterocycles. The van der Waals surface area contributed by atoms with Crippen molar-refractivity contribution >= 4 is 11.3 Å². The number of aromatic nitrogens is 4. The van der Waals surface area contributed by atoms with E-state index < -0.39 is 12.3 Å². The molecule has 0 radical (unpaired) electrons. The zero-order valence-electron chi connectivity index (χ0n) is 13.6. The molecule has 1 saturated heterocycles. The first-order valence-corrected chi connectivity index (χ1v) is 9.20. The summed E-state index contributed by atoms with van der Waals surface area (Å²) in [6, 6.07) is 5.15. The van der Waals surface area contributed by atoms with Crippen molar-refractivity contribution in [3.63, 3.8) is 0 Å². The summed E-state index contributed by atoms with van der Waals surface area (Å²) in [6.45, 7) is 0.776. The number of fused-ring (bicyclic) bond motifs is 2. The summed E-state index contributed by atoms with van der Waals surface area (Å²) < 4.78 is 21.8. The molecule has 0 amide bonds. The minimum Gasteiger partial charge on any atom is -0.507 e. The van der Waals surface area contributed by atoms with Crippen LogP contribution in [0.15, 0.2) is 36.9 Å². The molecule has 5 rings (SSSR count). The van der Waals surface area contributed by atoms with Crippen LogP contribution in [0.1, 0.15) is 6.42 Å². The van der Waals surface area contributed by atoms with Crippen molar-refractivity contribution in [3.05, 3.63) is 36.9 Å². The molecule has 2 unspecified atom stereocenters. The highest BCUT2D eigenvalue weighted by atomic mass is 32.1. The molecule has 1 aliphatic heterocycles. The molecule has 2 fully saturated rings. The molecule has 26 heavy (non-hydrogen) atoms. The van der Waals surface area contributed by atoms with Crippen molar-refractivity contribution in [1.82, 2.24) is 25.1 Å². The van der Waals surface area contributed by atoms with E-state index in [-0.39, 0.29) is 17.7 Å². The summed E-state index contributed by atoms with van der Waals surface area (Å²) in [7, 11) is 0. The second-order valence-corrected chi connectivity index (χ2v) is 7.52. The molecule has 4 atom stereocenters. The predicted molar refractivity (Wildman–Crippen MR) is 93.3 cm³/mol. The van der Waals surface area contributed by atoms with Crippen LogP contribution >= 0.6 is 11.3 Å². The molecular formula is C17H16FN5O2S. The fraction of sp³-hybridized carbons (Fsp3) is 0.353. The second kappa shape index (κ2) is 6.03. The lowest BCUT2D eigenvalue weighted by Gasteiger charge is -2.25. The zero-order valence-corrected chi connectivity index (χ0v) is 14.4. The molecule has 3 heterocycles. The SMILES string of the molecule is Oc1cc(-n2ccnc2)ccc1-c1nnc(O[C@@H]2C3CNC(C3)[C@@H]2F)s1. The van der Waals surface area contributed by atoms with Crippen molar-refractivity contribution < 1.29 is 14.2 Å². The van der Waals surface area contributed by atoms with E-state index in [0.29, 0.717) is 15.8 Å². The number of imidazole rings is 1. The number of hydrogen-bond donors (Lipinski definition) is 2. The maximum absolute atomic E-state index is 14.3. The number of ether oxygens (including phenoxy) is 1. The third kappa shape index (κ3) is 2.55. The highest BCUT2D eigenvalue weighted by Gasteiger charge is 2.50. The van der Waals surface area contributed by atoms with Gasteiger partial charge in [-0.05, 0) is 18.6 Å². The Bertz CT molecular complexity index is 929. The van der Waals surface area contributed by atoms with E-state index in [9.17, 15) is 9.50 Å². The summed E-state index contributed by atoms with van der Waals surface area (Å²) in [4.78, 5) is 3.99. The normalized spacial score (nSPS) is 27.1. The monoisotopic (exact) mass is 373 g/mol. The molecule has 2 aliphatic rings. The Morgan fingerprint density at radius 1 is 1.35 bits per heavy atom. The molecule has 7 nitrogen and oxygen atoms in total. The number of hydrogen-bond acceptors (Lipinski definition) is 7. The van der Waals surface area contributed by atoms with E-state index >= 15 is 0 Å². The lowest BCUT2D eigenvalue weighted by molar-refractivity contribution is 0.0652. The van der Waals surface area contributed by atoms with E-state index in [0.717, 1.165) is 18.7 Å². The Kier molecular flexibility index (Phi) is 3.64. The highest BCUT2D eigenvalue weighted by molar-refractivity contribution is 7.16. The Hall–Kier alpha value is -2.52. The summed E-state index contributed by atoms with van der Waals surface area (Å²) in [5, 5.41) is 22.5. The van der Waals surface area contributed by atoms with E-state index in [1.807, 2.05) is 6.07 Å². The van der Waals surface area contributed by atoms with Crippen LogP contribution in [0.25, 0.3) is 16.3 Å². The van der Waals surface area contributed by atoms with E-state index in [2.05, 4.69) is 20.5 Å². The van der Waals surface area contributed by atoms with Crippen molar-refractivity contribution in [1.29, 1.82) is 0 Å². The van der Waals surface area contributed by atoms with Gasteiger partial charge in [-0.2, -0.15) is 0 Å². The molecule has 2 bridgehead atoms. The van der Waals surface area contributed by atoms with Gasteiger partial charge in [0.2, 0.25) is 0 Å². The van der Waals surface area contributed by atoms with E-state index in [4.69, 9.17) is 4.74 Å². The van der Waals surface area contributed by atoms with E-state index in [1.54, 1.807) is 35.4 Å². The number of rotatable bonds is 4. The molecule has 1 aliphatic carbocycles. The van der Waals surface area contributed by atoms with Crippen LogP contribution in [0.2, 0.25) is 0 Å². The predicted octanol–water partition coefficient (Wildman–Crippen LogP) is 2.17. The first kappa shape index (κ1) is 15.7. The van der Waals surface area contributed by atoms with Gasteiger partial charge >= 0.3 is 0 Å². The summed E-state index contributed by atoms with van der Waals surface area (Å²) in [6.07, 6.45) is 4.42. The Labute approximate surface area is 152 Å². The topological polar surface area (TPSA) is 85.1 Å². The quantitative estimate of drug-likeness (QED) is 0.729. The number of piperidine rings is 1. The molecule has 1 saturated carbocycles. The zero-order chi connectivity index (χ0) is 17.7. The minimum absolute atomic E-state index is 0.0893. The van der Waals surface area contributed by atoms with Gasteiger partial charge in [-0.15, -0.1) is 5.10 Å². The maximum atomic E-state index is 14.3. The molecule has 134 valence electrons. The van der Waals surface area contributed by atoms with Crippen molar-refractivity contribution in [2.45, 2.75) is 24.7 Å². The molecule has 9 heteroatoms. The van der Waals surface area contributed by atoms with Crippen molar-refractivity contribution in [2.75, 3.05) is 6.54 Å². The number of alkyl halides is 1. The maximum Gasteiger partial charge on any atom is 0.294 e. The van der Waals surface area contributed by atoms with Crippen LogP contribution in [0.4, 0.5) is 4.39 Å².